The van der Waals surface area contributed by atoms with Crippen LogP contribution in [0.3, 0.4) is 0 Å². The summed E-state index contributed by atoms with van der Waals surface area (Å²) in [5.74, 6) is 0.302. The molecule has 0 aliphatic rings. The zero-order valence-electron chi connectivity index (χ0n) is 8.39. The van der Waals surface area contributed by atoms with Crippen molar-refractivity contribution in [3.05, 3.63) is 40.1 Å². The molecule has 0 aliphatic heterocycles. The standard InChI is InChI=1S/C10H6Cl2N2OS2/c11-7-2-1-6(3-8(7)12)9(15)4-16-10-13-5-14-17-10/h1-3,5H,4H2. The first-order valence-corrected chi connectivity index (χ1v) is 7.06. The molecule has 1 heterocycles. The van der Waals surface area contributed by atoms with Gasteiger partial charge in [-0.1, -0.05) is 35.0 Å². The highest BCUT2D eigenvalue weighted by molar-refractivity contribution is 8.01. The number of aromatic nitrogens is 2. The molecule has 0 unspecified atom stereocenters. The normalized spacial score (nSPS) is 10.5. The van der Waals surface area contributed by atoms with E-state index < -0.39 is 0 Å². The molecule has 0 saturated heterocycles. The van der Waals surface area contributed by atoms with E-state index in [2.05, 4.69) is 9.36 Å². The number of ketones is 1. The Morgan fingerprint density at radius 2 is 2.18 bits per heavy atom. The molecule has 0 atom stereocenters. The molecule has 88 valence electrons. The maximum Gasteiger partial charge on any atom is 0.173 e. The summed E-state index contributed by atoms with van der Waals surface area (Å²) in [6, 6.07) is 4.86. The zero-order chi connectivity index (χ0) is 12.3. The first-order valence-electron chi connectivity index (χ1n) is 4.54. The Labute approximate surface area is 116 Å². The summed E-state index contributed by atoms with van der Waals surface area (Å²) >= 11 is 14.3. The Kier molecular flexibility index (Phi) is 4.39. The molecule has 2 rings (SSSR count). The van der Waals surface area contributed by atoms with E-state index in [0.717, 1.165) is 4.34 Å². The lowest BCUT2D eigenvalue weighted by Crippen LogP contribution is -2.02. The number of hydrogen-bond donors (Lipinski definition) is 0. The second-order valence-electron chi connectivity index (χ2n) is 3.05. The molecule has 0 aliphatic carbocycles. The zero-order valence-corrected chi connectivity index (χ0v) is 11.5. The van der Waals surface area contributed by atoms with Gasteiger partial charge in [-0.2, -0.15) is 4.37 Å². The van der Waals surface area contributed by atoms with Crippen LogP contribution in [0.5, 0.6) is 0 Å². The van der Waals surface area contributed by atoms with Gasteiger partial charge in [0.15, 0.2) is 10.1 Å². The summed E-state index contributed by atoms with van der Waals surface area (Å²) in [7, 11) is 0. The SMILES string of the molecule is O=C(CSc1ncns1)c1ccc(Cl)c(Cl)c1. The van der Waals surface area contributed by atoms with E-state index in [1.807, 2.05) is 0 Å². The molecule has 3 nitrogen and oxygen atoms in total. The topological polar surface area (TPSA) is 42.9 Å². The van der Waals surface area contributed by atoms with Crippen molar-refractivity contribution in [2.45, 2.75) is 4.34 Å². The van der Waals surface area contributed by atoms with Crippen molar-refractivity contribution in [2.24, 2.45) is 0 Å². The quantitative estimate of drug-likeness (QED) is 0.636. The third-order valence-corrected chi connectivity index (χ3v) is 4.45. The summed E-state index contributed by atoms with van der Waals surface area (Å²) in [6.45, 7) is 0. The fraction of sp³-hybridized carbons (Fsp3) is 0.100. The van der Waals surface area contributed by atoms with Gasteiger partial charge in [0, 0.05) is 5.56 Å². The number of Topliss-reactive ketones (excluding diaryl/α,β-unsaturated/α-hetero) is 1. The van der Waals surface area contributed by atoms with E-state index in [9.17, 15) is 4.79 Å². The summed E-state index contributed by atoms with van der Waals surface area (Å²) in [6.07, 6.45) is 1.47. The van der Waals surface area contributed by atoms with Crippen molar-refractivity contribution in [1.82, 2.24) is 9.36 Å². The average molecular weight is 305 g/mol. The molecule has 0 radical (unpaired) electrons. The number of thioether (sulfide) groups is 1. The van der Waals surface area contributed by atoms with Gasteiger partial charge in [-0.15, -0.1) is 0 Å². The highest BCUT2D eigenvalue weighted by Gasteiger charge is 2.09. The first kappa shape index (κ1) is 12.8. The van der Waals surface area contributed by atoms with Crippen molar-refractivity contribution in [3.63, 3.8) is 0 Å². The molecule has 0 fully saturated rings. The Bertz CT molecular complexity index is 531. The minimum absolute atomic E-state index is 0.0104. The van der Waals surface area contributed by atoms with Crippen LogP contribution in [0.1, 0.15) is 10.4 Å². The van der Waals surface area contributed by atoms with Gasteiger partial charge in [0.25, 0.3) is 0 Å². The third-order valence-electron chi connectivity index (χ3n) is 1.91. The molecular weight excluding hydrogens is 299 g/mol. The van der Waals surface area contributed by atoms with E-state index in [0.29, 0.717) is 21.4 Å². The van der Waals surface area contributed by atoms with Crippen molar-refractivity contribution >= 4 is 52.3 Å². The second kappa shape index (κ2) is 5.82. The molecule has 1 aromatic heterocycles. The number of halogens is 2. The molecule has 7 heteroatoms. The first-order chi connectivity index (χ1) is 8.16. The average Bonchev–Trinajstić information content (AvgIpc) is 2.82. The van der Waals surface area contributed by atoms with Crippen LogP contribution in [0.15, 0.2) is 28.9 Å². The number of hydrogen-bond acceptors (Lipinski definition) is 5. The van der Waals surface area contributed by atoms with Crippen LogP contribution in [0.2, 0.25) is 10.0 Å². The van der Waals surface area contributed by atoms with E-state index in [4.69, 9.17) is 23.2 Å². The smallest absolute Gasteiger partial charge is 0.173 e. The molecule has 2 aromatic rings. The number of carbonyl (C=O) groups excluding carboxylic acids is 1. The number of rotatable bonds is 4. The lowest BCUT2D eigenvalue weighted by molar-refractivity contribution is 0.102. The minimum atomic E-state index is -0.0104. The molecule has 0 spiro atoms. The Morgan fingerprint density at radius 3 is 2.82 bits per heavy atom. The maximum absolute atomic E-state index is 11.8. The van der Waals surface area contributed by atoms with E-state index >= 15 is 0 Å². The van der Waals surface area contributed by atoms with Crippen LogP contribution in [-0.4, -0.2) is 20.9 Å². The van der Waals surface area contributed by atoms with Crippen molar-refractivity contribution in [3.8, 4) is 0 Å². The van der Waals surface area contributed by atoms with Gasteiger partial charge in [-0.3, -0.25) is 4.79 Å². The van der Waals surface area contributed by atoms with E-state index in [-0.39, 0.29) is 5.78 Å². The number of carbonyl (C=O) groups is 1. The van der Waals surface area contributed by atoms with Crippen molar-refractivity contribution in [2.75, 3.05) is 5.75 Å². The molecule has 0 bridgehead atoms. The predicted molar refractivity (Wildman–Crippen MR) is 71.4 cm³/mol. The number of nitrogens with zero attached hydrogens (tertiary/aromatic N) is 2. The van der Waals surface area contributed by atoms with Gasteiger partial charge >= 0.3 is 0 Å². The third kappa shape index (κ3) is 3.42. The largest absolute Gasteiger partial charge is 0.293 e. The highest BCUT2D eigenvalue weighted by atomic mass is 35.5. The fourth-order valence-electron chi connectivity index (χ4n) is 1.11. The molecular formula is C10H6Cl2N2OS2. The monoisotopic (exact) mass is 304 g/mol. The van der Waals surface area contributed by atoms with Crippen LogP contribution in [0, 0.1) is 0 Å². The predicted octanol–water partition coefficient (Wildman–Crippen LogP) is 3.82. The summed E-state index contributed by atoms with van der Waals surface area (Å²) in [5, 5.41) is 0.832. The van der Waals surface area contributed by atoms with E-state index in [1.165, 1.54) is 29.6 Å². The van der Waals surface area contributed by atoms with Gasteiger partial charge in [0.1, 0.15) is 6.33 Å². The van der Waals surface area contributed by atoms with Crippen LogP contribution < -0.4 is 0 Å². The van der Waals surface area contributed by atoms with Crippen LogP contribution in [0.25, 0.3) is 0 Å². The summed E-state index contributed by atoms with van der Waals surface area (Å²) < 4.78 is 4.63. The molecule has 17 heavy (non-hydrogen) atoms. The molecule has 0 saturated carbocycles. The molecule has 0 amide bonds. The van der Waals surface area contributed by atoms with Gasteiger partial charge in [0.05, 0.1) is 15.8 Å². The fourth-order valence-corrected chi connectivity index (χ4v) is 2.74. The Hall–Kier alpha value is -0.620. The second-order valence-corrected chi connectivity index (χ2v) is 5.86. The maximum atomic E-state index is 11.8. The van der Waals surface area contributed by atoms with Crippen LogP contribution in [-0.2, 0) is 0 Å². The number of benzene rings is 1. The minimum Gasteiger partial charge on any atom is -0.293 e. The van der Waals surface area contributed by atoms with Gasteiger partial charge in [0.2, 0.25) is 0 Å². The van der Waals surface area contributed by atoms with Crippen LogP contribution >= 0.6 is 46.5 Å². The van der Waals surface area contributed by atoms with E-state index in [1.54, 1.807) is 18.2 Å². The molecule has 1 aromatic carbocycles. The highest BCUT2D eigenvalue weighted by Crippen LogP contribution is 2.24. The lowest BCUT2D eigenvalue weighted by atomic mass is 10.1. The van der Waals surface area contributed by atoms with Crippen LogP contribution in [0.4, 0.5) is 0 Å². The summed E-state index contributed by atoms with van der Waals surface area (Å²) in [5.41, 5.74) is 0.552. The van der Waals surface area contributed by atoms with Gasteiger partial charge in [-0.25, -0.2) is 4.98 Å². The Morgan fingerprint density at radius 1 is 1.35 bits per heavy atom. The Balaban J connectivity index is 2.02. The lowest BCUT2D eigenvalue weighted by Gasteiger charge is -2.01. The van der Waals surface area contributed by atoms with Crippen molar-refractivity contribution < 1.29 is 4.79 Å². The summed E-state index contributed by atoms with van der Waals surface area (Å²) in [4.78, 5) is 15.8. The van der Waals surface area contributed by atoms with Gasteiger partial charge < -0.3 is 0 Å². The van der Waals surface area contributed by atoms with Gasteiger partial charge in [-0.05, 0) is 29.7 Å². The molecule has 0 N–H and O–H groups in total. The van der Waals surface area contributed by atoms with Crippen molar-refractivity contribution in [1.29, 1.82) is 0 Å².